The van der Waals surface area contributed by atoms with Crippen LogP contribution in [0.4, 0.5) is 11.4 Å². The lowest BCUT2D eigenvalue weighted by molar-refractivity contribution is -0.169. The van der Waals surface area contributed by atoms with Crippen LogP contribution in [0, 0.1) is 0 Å². The number of carbonyl (C=O) groups is 1. The van der Waals surface area contributed by atoms with Gasteiger partial charge in [-0.05, 0) is 55.4 Å². The number of unbranched alkanes of at least 4 members (excludes halogenated alkanes) is 4. The quantitative estimate of drug-likeness (QED) is 0.251. The first kappa shape index (κ1) is 26.0. The summed E-state index contributed by atoms with van der Waals surface area (Å²) >= 11 is 0. The van der Waals surface area contributed by atoms with Gasteiger partial charge in [0.15, 0.2) is 0 Å². The highest BCUT2D eigenvalue weighted by atomic mass is 16.5. The third kappa shape index (κ3) is 8.97. The summed E-state index contributed by atoms with van der Waals surface area (Å²) < 4.78 is 5.83. The normalized spacial score (nSPS) is 14.7. The van der Waals surface area contributed by atoms with Crippen LogP contribution in [-0.2, 0) is 11.3 Å². The Balaban J connectivity index is 1.39. The minimum absolute atomic E-state index is 0.178. The Morgan fingerprint density at radius 1 is 0.941 bits per heavy atom. The van der Waals surface area contributed by atoms with Crippen LogP contribution in [0.5, 0.6) is 5.75 Å². The monoisotopic (exact) mass is 468 g/mol. The molecule has 0 bridgehead atoms. The lowest BCUT2D eigenvalue weighted by Gasteiger charge is -2.32. The summed E-state index contributed by atoms with van der Waals surface area (Å²) in [5.41, 5.74) is 2.80. The molecule has 2 aromatic rings. The van der Waals surface area contributed by atoms with Crippen LogP contribution in [0.2, 0.25) is 0 Å². The van der Waals surface area contributed by atoms with Gasteiger partial charge in [-0.25, -0.2) is 5.06 Å². The number of piperazine rings is 1. The number of rotatable bonds is 13. The van der Waals surface area contributed by atoms with Crippen molar-refractivity contribution in [1.29, 1.82) is 0 Å². The van der Waals surface area contributed by atoms with E-state index >= 15 is 0 Å². The van der Waals surface area contributed by atoms with Gasteiger partial charge >= 0.3 is 0 Å². The molecule has 0 unspecified atom stereocenters. The van der Waals surface area contributed by atoms with E-state index in [1.165, 1.54) is 25.7 Å². The molecular formula is C27H40N4O3. The average Bonchev–Trinajstić information content (AvgIpc) is 2.85. The Bertz CT molecular complexity index is 849. The van der Waals surface area contributed by atoms with E-state index in [1.54, 1.807) is 0 Å². The number of nitrogens with one attached hydrogen (secondary N) is 1. The molecule has 1 fully saturated rings. The Kier molecular flexibility index (Phi) is 10.7. The van der Waals surface area contributed by atoms with Gasteiger partial charge in [-0.15, -0.1) is 0 Å². The zero-order chi connectivity index (χ0) is 24.2. The molecule has 1 heterocycles. The summed E-state index contributed by atoms with van der Waals surface area (Å²) in [6, 6.07) is 15.7. The molecule has 0 aliphatic carbocycles. The maximum absolute atomic E-state index is 12.4. The molecule has 7 heteroatoms. The number of anilines is 2. The number of benzene rings is 2. The highest BCUT2D eigenvalue weighted by Gasteiger charge is 2.19. The molecule has 1 aliphatic heterocycles. The van der Waals surface area contributed by atoms with E-state index in [1.807, 2.05) is 48.5 Å². The number of likely N-dealkylation sites (N-methyl/N-ethyl adjacent to an activating group) is 1. The van der Waals surface area contributed by atoms with Gasteiger partial charge in [0.05, 0.1) is 19.7 Å². The topological polar surface area (TPSA) is 68.3 Å². The molecular weight excluding hydrogens is 428 g/mol. The molecule has 3 rings (SSSR count). The van der Waals surface area contributed by atoms with Crippen molar-refractivity contribution in [2.24, 2.45) is 0 Å². The van der Waals surface area contributed by atoms with Gasteiger partial charge in [0.25, 0.3) is 5.91 Å². The van der Waals surface area contributed by atoms with Crippen molar-refractivity contribution in [2.75, 3.05) is 51.7 Å². The molecule has 186 valence electrons. The number of hydroxylamine groups is 2. The van der Waals surface area contributed by atoms with E-state index in [9.17, 15) is 10.0 Å². The summed E-state index contributed by atoms with van der Waals surface area (Å²) in [7, 11) is 2.08. The van der Waals surface area contributed by atoms with E-state index in [-0.39, 0.29) is 19.0 Å². The van der Waals surface area contributed by atoms with Crippen LogP contribution in [0.15, 0.2) is 48.5 Å². The molecule has 34 heavy (non-hydrogen) atoms. The van der Waals surface area contributed by atoms with Crippen LogP contribution < -0.4 is 10.1 Å². The third-order valence-corrected chi connectivity index (χ3v) is 6.19. The Morgan fingerprint density at radius 2 is 1.56 bits per heavy atom. The van der Waals surface area contributed by atoms with E-state index in [4.69, 9.17) is 4.74 Å². The number of hydrogen-bond donors (Lipinski definition) is 2. The highest BCUT2D eigenvalue weighted by molar-refractivity contribution is 5.77. The maximum Gasteiger partial charge on any atom is 0.260 e. The number of carbonyl (C=O) groups excluding carboxylic acids is 1. The van der Waals surface area contributed by atoms with Gasteiger partial charge in [-0.2, -0.15) is 0 Å². The third-order valence-electron chi connectivity index (χ3n) is 6.19. The first-order chi connectivity index (χ1) is 16.5. The largest absolute Gasteiger partial charge is 0.494 e. The second kappa shape index (κ2) is 13.9. The molecule has 1 amide bonds. The van der Waals surface area contributed by atoms with Crippen LogP contribution in [-0.4, -0.2) is 72.4 Å². The number of ether oxygens (including phenoxy) is 1. The summed E-state index contributed by atoms with van der Waals surface area (Å²) in [6.45, 7) is 7.01. The zero-order valence-electron chi connectivity index (χ0n) is 20.7. The minimum Gasteiger partial charge on any atom is -0.494 e. The molecule has 1 aliphatic rings. The van der Waals surface area contributed by atoms with Gasteiger partial charge in [-0.1, -0.05) is 44.7 Å². The van der Waals surface area contributed by atoms with Gasteiger partial charge in [0, 0.05) is 37.6 Å². The lowest BCUT2D eigenvalue weighted by Crippen LogP contribution is -2.48. The van der Waals surface area contributed by atoms with Crippen molar-refractivity contribution in [3.63, 3.8) is 0 Å². The smallest absolute Gasteiger partial charge is 0.260 e. The highest BCUT2D eigenvalue weighted by Crippen LogP contribution is 2.21. The predicted molar refractivity (Wildman–Crippen MR) is 137 cm³/mol. The van der Waals surface area contributed by atoms with Crippen molar-refractivity contribution in [3.8, 4) is 5.75 Å². The predicted octanol–water partition coefficient (Wildman–Crippen LogP) is 4.74. The fourth-order valence-corrected chi connectivity index (χ4v) is 3.93. The van der Waals surface area contributed by atoms with Gasteiger partial charge in [-0.3, -0.25) is 14.9 Å². The van der Waals surface area contributed by atoms with Crippen LogP contribution >= 0.6 is 0 Å². The van der Waals surface area contributed by atoms with E-state index < -0.39 is 0 Å². The summed E-state index contributed by atoms with van der Waals surface area (Å²) in [4.78, 5) is 16.7. The van der Waals surface area contributed by atoms with E-state index in [0.29, 0.717) is 0 Å². The molecule has 0 aromatic heterocycles. The van der Waals surface area contributed by atoms with Crippen molar-refractivity contribution in [1.82, 2.24) is 14.9 Å². The second-order valence-corrected chi connectivity index (χ2v) is 9.14. The summed E-state index contributed by atoms with van der Waals surface area (Å²) in [5, 5.41) is 14.4. The maximum atomic E-state index is 12.4. The Morgan fingerprint density at radius 3 is 2.21 bits per heavy atom. The van der Waals surface area contributed by atoms with E-state index in [0.717, 1.165) is 67.0 Å². The Hall–Kier alpha value is -2.61. The van der Waals surface area contributed by atoms with Crippen molar-refractivity contribution < 1.29 is 14.7 Å². The second-order valence-electron chi connectivity index (χ2n) is 9.14. The fraction of sp³-hybridized carbons (Fsp3) is 0.519. The molecule has 7 nitrogen and oxygen atoms in total. The standard InChI is InChI=1S/C27H40N4O3/c1-3-4-5-6-7-20-34-26-14-12-25(13-15-26)28-24-10-8-23(9-11-24)21-31(33)27(32)22-30-18-16-29(2)17-19-30/h8-15,28,33H,3-7,16-22H2,1-2H3. The molecule has 2 N–H and O–H groups in total. The number of amides is 1. The van der Waals surface area contributed by atoms with Crippen LogP contribution in [0.1, 0.15) is 44.6 Å². The first-order valence-electron chi connectivity index (χ1n) is 12.5. The molecule has 1 saturated heterocycles. The minimum atomic E-state index is -0.268. The lowest BCUT2D eigenvalue weighted by atomic mass is 10.2. The molecule has 2 aromatic carbocycles. The summed E-state index contributed by atoms with van der Waals surface area (Å²) in [5.74, 6) is 0.621. The van der Waals surface area contributed by atoms with Crippen molar-refractivity contribution in [2.45, 2.75) is 45.6 Å². The zero-order valence-corrected chi connectivity index (χ0v) is 20.7. The SMILES string of the molecule is CCCCCCCOc1ccc(Nc2ccc(CN(O)C(=O)CN3CCN(C)CC3)cc2)cc1. The van der Waals surface area contributed by atoms with E-state index in [2.05, 4.69) is 29.1 Å². The average molecular weight is 469 g/mol. The molecule has 0 radical (unpaired) electrons. The van der Waals surface area contributed by atoms with Gasteiger partial charge in [0.2, 0.25) is 0 Å². The first-order valence-corrected chi connectivity index (χ1v) is 12.5. The van der Waals surface area contributed by atoms with Crippen LogP contribution in [0.3, 0.4) is 0 Å². The fourth-order valence-electron chi connectivity index (χ4n) is 3.93. The van der Waals surface area contributed by atoms with Crippen molar-refractivity contribution >= 4 is 17.3 Å². The number of hydrogen-bond acceptors (Lipinski definition) is 6. The van der Waals surface area contributed by atoms with Crippen molar-refractivity contribution in [3.05, 3.63) is 54.1 Å². The number of nitrogens with zero attached hydrogens (tertiary/aromatic N) is 3. The molecule has 0 saturated carbocycles. The van der Waals surface area contributed by atoms with Gasteiger partial charge < -0.3 is 15.0 Å². The summed E-state index contributed by atoms with van der Waals surface area (Å²) in [6.07, 6.45) is 6.16. The molecule has 0 spiro atoms. The Labute approximate surface area is 204 Å². The van der Waals surface area contributed by atoms with Crippen LogP contribution in [0.25, 0.3) is 0 Å². The van der Waals surface area contributed by atoms with Gasteiger partial charge in [0.1, 0.15) is 5.75 Å². The molecule has 0 atom stereocenters.